The lowest BCUT2D eigenvalue weighted by molar-refractivity contribution is 0.0567. The highest BCUT2D eigenvalue weighted by Crippen LogP contribution is 2.30. The summed E-state index contributed by atoms with van der Waals surface area (Å²) >= 11 is 3.38. The molecule has 1 heterocycles. The Labute approximate surface area is 114 Å². The van der Waals surface area contributed by atoms with E-state index in [1.807, 2.05) is 6.07 Å². The van der Waals surface area contributed by atoms with Gasteiger partial charge < -0.3 is 14.2 Å². The third-order valence-corrected chi connectivity index (χ3v) is 3.43. The van der Waals surface area contributed by atoms with E-state index in [1.165, 1.54) is 7.11 Å². The molecule has 1 aliphatic heterocycles. The van der Waals surface area contributed by atoms with E-state index in [2.05, 4.69) is 15.9 Å². The van der Waals surface area contributed by atoms with E-state index in [0.717, 1.165) is 23.9 Å². The zero-order valence-corrected chi connectivity index (χ0v) is 11.7. The van der Waals surface area contributed by atoms with Gasteiger partial charge in [0.1, 0.15) is 17.9 Å². The largest absolute Gasteiger partial charge is 0.489 e. The van der Waals surface area contributed by atoms with Gasteiger partial charge in [-0.3, -0.25) is 0 Å². The van der Waals surface area contributed by atoms with Crippen molar-refractivity contribution in [3.63, 3.8) is 0 Å². The summed E-state index contributed by atoms with van der Waals surface area (Å²) in [6.45, 7) is 1.24. The predicted octanol–water partition coefficient (Wildman–Crippen LogP) is 2.79. The minimum absolute atomic E-state index is 0.114. The Bertz CT molecular complexity index is 427. The van der Waals surface area contributed by atoms with E-state index in [1.54, 1.807) is 12.1 Å². The molecule has 5 heteroatoms. The molecule has 4 nitrogen and oxygen atoms in total. The molecule has 0 N–H and O–H groups in total. The van der Waals surface area contributed by atoms with Crippen LogP contribution < -0.4 is 4.74 Å². The molecule has 1 aromatic carbocycles. The van der Waals surface area contributed by atoms with Crippen molar-refractivity contribution in [1.29, 1.82) is 0 Å². The van der Waals surface area contributed by atoms with Crippen molar-refractivity contribution in [2.45, 2.75) is 18.9 Å². The van der Waals surface area contributed by atoms with Crippen LogP contribution in [0.25, 0.3) is 0 Å². The molecule has 1 aromatic rings. The summed E-state index contributed by atoms with van der Waals surface area (Å²) in [6.07, 6.45) is 2.17. The first-order valence-electron chi connectivity index (χ1n) is 5.83. The number of hydrogen-bond donors (Lipinski definition) is 0. The summed E-state index contributed by atoms with van der Waals surface area (Å²) in [5.41, 5.74) is 0.421. The van der Waals surface area contributed by atoms with Crippen LogP contribution in [-0.2, 0) is 9.47 Å². The van der Waals surface area contributed by atoms with E-state index in [4.69, 9.17) is 14.2 Å². The molecule has 0 bridgehead atoms. The van der Waals surface area contributed by atoms with Crippen molar-refractivity contribution in [3.8, 4) is 5.75 Å². The van der Waals surface area contributed by atoms with Crippen LogP contribution in [0.5, 0.6) is 5.75 Å². The molecule has 0 aromatic heterocycles. The van der Waals surface area contributed by atoms with Gasteiger partial charge in [-0.2, -0.15) is 0 Å². The number of hydrogen-bond acceptors (Lipinski definition) is 4. The normalized spacial score (nSPS) is 18.7. The predicted molar refractivity (Wildman–Crippen MR) is 70.0 cm³/mol. The highest BCUT2D eigenvalue weighted by Gasteiger charge is 2.20. The number of esters is 1. The Morgan fingerprint density at radius 1 is 1.56 bits per heavy atom. The molecule has 0 amide bonds. The molecule has 0 unspecified atom stereocenters. The maximum Gasteiger partial charge on any atom is 0.341 e. The number of halogens is 1. The first-order valence-corrected chi connectivity index (χ1v) is 6.63. The van der Waals surface area contributed by atoms with Gasteiger partial charge in [0.2, 0.25) is 0 Å². The first kappa shape index (κ1) is 13.4. The van der Waals surface area contributed by atoms with Crippen molar-refractivity contribution >= 4 is 21.9 Å². The van der Waals surface area contributed by atoms with E-state index in [-0.39, 0.29) is 6.10 Å². The lowest BCUT2D eigenvalue weighted by atomic mass is 10.2. The topological polar surface area (TPSA) is 44.8 Å². The third kappa shape index (κ3) is 3.03. The van der Waals surface area contributed by atoms with Crippen molar-refractivity contribution in [2.24, 2.45) is 0 Å². The van der Waals surface area contributed by atoms with Crippen molar-refractivity contribution < 1.29 is 19.0 Å². The molecule has 1 saturated heterocycles. The molecule has 0 radical (unpaired) electrons. The van der Waals surface area contributed by atoms with Crippen LogP contribution in [0.15, 0.2) is 22.7 Å². The minimum Gasteiger partial charge on any atom is -0.489 e. The van der Waals surface area contributed by atoms with Gasteiger partial charge in [0, 0.05) is 6.61 Å². The maximum absolute atomic E-state index is 11.6. The van der Waals surface area contributed by atoms with Crippen LogP contribution in [0.2, 0.25) is 0 Å². The summed E-state index contributed by atoms with van der Waals surface area (Å²) in [5, 5.41) is 0. The van der Waals surface area contributed by atoms with Gasteiger partial charge >= 0.3 is 5.97 Å². The van der Waals surface area contributed by atoms with Gasteiger partial charge in [0.25, 0.3) is 0 Å². The highest BCUT2D eigenvalue weighted by atomic mass is 79.9. The van der Waals surface area contributed by atoms with Crippen LogP contribution in [0.1, 0.15) is 23.2 Å². The van der Waals surface area contributed by atoms with Crippen LogP contribution in [0.3, 0.4) is 0 Å². The average Bonchev–Trinajstić information content (AvgIpc) is 2.89. The molecule has 0 saturated carbocycles. The second-order valence-electron chi connectivity index (χ2n) is 4.05. The molecule has 98 valence electrons. The number of carbonyl (C=O) groups excluding carboxylic acids is 1. The Morgan fingerprint density at radius 2 is 2.39 bits per heavy atom. The maximum atomic E-state index is 11.6. The number of carbonyl (C=O) groups is 1. The fraction of sp³-hybridized carbons (Fsp3) is 0.462. The van der Waals surface area contributed by atoms with Gasteiger partial charge in [-0.25, -0.2) is 4.79 Å². The summed E-state index contributed by atoms with van der Waals surface area (Å²) in [6, 6.07) is 5.29. The molecule has 0 spiro atoms. The van der Waals surface area contributed by atoms with Crippen molar-refractivity contribution in [1.82, 2.24) is 0 Å². The van der Waals surface area contributed by atoms with E-state index < -0.39 is 5.97 Å². The minimum atomic E-state index is -0.404. The van der Waals surface area contributed by atoms with Crippen LogP contribution >= 0.6 is 15.9 Å². The average molecular weight is 315 g/mol. The molecular formula is C13H15BrO4. The third-order valence-electron chi connectivity index (χ3n) is 2.81. The van der Waals surface area contributed by atoms with E-state index >= 15 is 0 Å². The lowest BCUT2D eigenvalue weighted by Crippen LogP contribution is -2.18. The Balaban J connectivity index is 2.11. The molecule has 2 rings (SSSR count). The Kier molecular flexibility index (Phi) is 4.60. The van der Waals surface area contributed by atoms with Gasteiger partial charge in [-0.1, -0.05) is 6.07 Å². The van der Waals surface area contributed by atoms with E-state index in [9.17, 15) is 4.79 Å². The van der Waals surface area contributed by atoms with Crippen LogP contribution in [0.4, 0.5) is 0 Å². The second-order valence-corrected chi connectivity index (χ2v) is 4.91. The molecule has 1 aliphatic rings. The first-order chi connectivity index (χ1) is 8.72. The molecule has 18 heavy (non-hydrogen) atoms. The SMILES string of the molecule is COC(=O)c1cccc(Br)c1OC[C@@H]1CCCO1. The zero-order chi connectivity index (χ0) is 13.0. The summed E-state index contributed by atoms with van der Waals surface area (Å²) < 4.78 is 16.7. The van der Waals surface area contributed by atoms with Crippen molar-refractivity contribution in [3.05, 3.63) is 28.2 Å². The fourth-order valence-corrected chi connectivity index (χ4v) is 2.36. The standard InChI is InChI=1S/C13H15BrO4/c1-16-13(15)10-5-2-6-11(14)12(10)18-8-9-4-3-7-17-9/h2,5-6,9H,3-4,7-8H2,1H3/t9-/m0/s1. The lowest BCUT2D eigenvalue weighted by Gasteiger charge is -2.15. The van der Waals surface area contributed by atoms with Crippen molar-refractivity contribution in [2.75, 3.05) is 20.3 Å². The van der Waals surface area contributed by atoms with Crippen LogP contribution in [-0.4, -0.2) is 32.4 Å². The Morgan fingerprint density at radius 3 is 3.06 bits per heavy atom. The smallest absolute Gasteiger partial charge is 0.341 e. The quantitative estimate of drug-likeness (QED) is 0.802. The second kappa shape index (κ2) is 6.20. The molecule has 0 aliphatic carbocycles. The number of rotatable bonds is 4. The number of benzene rings is 1. The molecular weight excluding hydrogens is 300 g/mol. The van der Waals surface area contributed by atoms with Gasteiger partial charge in [-0.15, -0.1) is 0 Å². The summed E-state index contributed by atoms with van der Waals surface area (Å²) in [7, 11) is 1.35. The monoisotopic (exact) mass is 314 g/mol. The van der Waals surface area contributed by atoms with Crippen LogP contribution in [0, 0.1) is 0 Å². The Hall–Kier alpha value is -1.07. The fourth-order valence-electron chi connectivity index (χ4n) is 1.88. The van der Waals surface area contributed by atoms with Gasteiger partial charge in [0.05, 0.1) is 17.7 Å². The molecule has 1 atom stereocenters. The van der Waals surface area contributed by atoms with E-state index in [0.29, 0.717) is 17.9 Å². The molecule has 1 fully saturated rings. The number of ether oxygens (including phenoxy) is 3. The van der Waals surface area contributed by atoms with Gasteiger partial charge in [-0.05, 0) is 40.9 Å². The zero-order valence-electron chi connectivity index (χ0n) is 10.1. The highest BCUT2D eigenvalue weighted by molar-refractivity contribution is 9.10. The summed E-state index contributed by atoms with van der Waals surface area (Å²) in [5.74, 6) is 0.110. The van der Waals surface area contributed by atoms with Gasteiger partial charge in [0.15, 0.2) is 0 Å². The summed E-state index contributed by atoms with van der Waals surface area (Å²) in [4.78, 5) is 11.6. The number of para-hydroxylation sites is 1. The number of methoxy groups -OCH3 is 1.